The first kappa shape index (κ1) is 17.0. The molecule has 25 heavy (non-hydrogen) atoms. The second-order valence-corrected chi connectivity index (χ2v) is 8.35. The van der Waals surface area contributed by atoms with Crippen LogP contribution in [0.25, 0.3) is 0 Å². The summed E-state index contributed by atoms with van der Waals surface area (Å²) in [5.41, 5.74) is 1.53. The highest BCUT2D eigenvalue weighted by atomic mass is 16.5. The second-order valence-electron chi connectivity index (χ2n) is 8.35. The van der Waals surface area contributed by atoms with Gasteiger partial charge in [0.2, 0.25) is 0 Å². The number of hydrogen-bond acceptors (Lipinski definition) is 3. The molecule has 3 nitrogen and oxygen atoms in total. The van der Waals surface area contributed by atoms with Gasteiger partial charge in [-0.1, -0.05) is 18.2 Å². The summed E-state index contributed by atoms with van der Waals surface area (Å²) in [5, 5.41) is 0. The quantitative estimate of drug-likeness (QED) is 0.708. The third-order valence-corrected chi connectivity index (χ3v) is 6.04. The van der Waals surface area contributed by atoms with Crippen LogP contribution in [0, 0.1) is 5.92 Å². The van der Waals surface area contributed by atoms with E-state index in [1.54, 1.807) is 0 Å². The summed E-state index contributed by atoms with van der Waals surface area (Å²) in [6, 6.07) is 7.26. The molecule has 1 saturated heterocycles. The number of fused-ring (bicyclic) bond motifs is 1. The SMILES string of the molecule is CC(C)Oc1ccc([C@@]23C=CCCC2N(C)CC3)cc1OCC1CC1. The van der Waals surface area contributed by atoms with E-state index in [1.165, 1.54) is 37.7 Å². The molecular weight excluding hydrogens is 310 g/mol. The molecule has 1 saturated carbocycles. The predicted octanol–water partition coefficient (Wildman–Crippen LogP) is 4.55. The molecule has 0 amide bonds. The molecule has 0 spiro atoms. The highest BCUT2D eigenvalue weighted by molar-refractivity contribution is 5.48. The van der Waals surface area contributed by atoms with Gasteiger partial charge < -0.3 is 14.4 Å². The molecule has 2 atom stereocenters. The standard InChI is InChI=1S/C22H31NO2/c1-16(2)25-19-10-9-18(14-20(19)24-15-17-7-8-17)22-11-5-4-6-21(22)23(3)13-12-22/h5,9-11,14,16-17,21H,4,6-8,12-13,15H2,1-3H3/t21?,22-/m0/s1. The van der Waals surface area contributed by atoms with E-state index in [1.807, 2.05) is 0 Å². The maximum Gasteiger partial charge on any atom is 0.161 e. The highest BCUT2D eigenvalue weighted by Gasteiger charge is 2.46. The van der Waals surface area contributed by atoms with E-state index in [9.17, 15) is 0 Å². The molecule has 1 aromatic rings. The number of likely N-dealkylation sites (tertiary alicyclic amines) is 1. The van der Waals surface area contributed by atoms with Gasteiger partial charge in [0.1, 0.15) is 0 Å². The normalized spacial score (nSPS) is 29.0. The van der Waals surface area contributed by atoms with Crippen LogP contribution in [0.3, 0.4) is 0 Å². The van der Waals surface area contributed by atoms with Crippen molar-refractivity contribution in [1.29, 1.82) is 0 Å². The monoisotopic (exact) mass is 341 g/mol. The number of nitrogens with zero attached hydrogens (tertiary/aromatic N) is 1. The second kappa shape index (κ2) is 6.68. The van der Waals surface area contributed by atoms with E-state index < -0.39 is 0 Å². The molecule has 3 aliphatic rings. The van der Waals surface area contributed by atoms with Crippen LogP contribution in [0.4, 0.5) is 0 Å². The van der Waals surface area contributed by atoms with Crippen LogP contribution in [-0.2, 0) is 5.41 Å². The largest absolute Gasteiger partial charge is 0.489 e. The predicted molar refractivity (Wildman–Crippen MR) is 102 cm³/mol. The molecule has 0 bridgehead atoms. The van der Waals surface area contributed by atoms with E-state index in [0.29, 0.717) is 6.04 Å². The molecule has 1 aromatic carbocycles. The molecule has 0 aromatic heterocycles. The van der Waals surface area contributed by atoms with Gasteiger partial charge in [-0.3, -0.25) is 0 Å². The third kappa shape index (κ3) is 3.31. The zero-order valence-electron chi connectivity index (χ0n) is 15.8. The lowest BCUT2D eigenvalue weighted by atomic mass is 9.70. The minimum absolute atomic E-state index is 0.140. The first-order valence-electron chi connectivity index (χ1n) is 9.90. The van der Waals surface area contributed by atoms with Crippen molar-refractivity contribution < 1.29 is 9.47 Å². The Morgan fingerprint density at radius 3 is 2.80 bits per heavy atom. The lowest BCUT2D eigenvalue weighted by Gasteiger charge is -2.38. The van der Waals surface area contributed by atoms with E-state index >= 15 is 0 Å². The number of likely N-dealkylation sites (N-methyl/N-ethyl adjacent to an activating group) is 1. The van der Waals surface area contributed by atoms with E-state index in [0.717, 1.165) is 30.6 Å². The van der Waals surface area contributed by atoms with Gasteiger partial charge in [-0.2, -0.15) is 0 Å². The van der Waals surface area contributed by atoms with Crippen molar-refractivity contribution in [3.05, 3.63) is 35.9 Å². The number of allylic oxidation sites excluding steroid dienone is 1. The molecular formula is C22H31NO2. The number of benzene rings is 1. The van der Waals surface area contributed by atoms with Crippen LogP contribution in [0.1, 0.15) is 51.5 Å². The summed E-state index contributed by atoms with van der Waals surface area (Å²) >= 11 is 0. The van der Waals surface area contributed by atoms with Crippen LogP contribution in [0.15, 0.2) is 30.4 Å². The van der Waals surface area contributed by atoms with Gasteiger partial charge in [-0.05, 0) is 83.2 Å². The number of hydrogen-bond donors (Lipinski definition) is 0. The highest BCUT2D eigenvalue weighted by Crippen LogP contribution is 2.47. The van der Waals surface area contributed by atoms with Gasteiger partial charge in [-0.25, -0.2) is 0 Å². The zero-order valence-corrected chi connectivity index (χ0v) is 15.8. The summed E-state index contributed by atoms with van der Waals surface area (Å²) < 4.78 is 12.2. The van der Waals surface area contributed by atoms with Crippen LogP contribution in [0.2, 0.25) is 0 Å². The minimum Gasteiger partial charge on any atom is -0.489 e. The molecule has 2 fully saturated rings. The van der Waals surface area contributed by atoms with Crippen molar-refractivity contribution in [2.24, 2.45) is 5.92 Å². The van der Waals surface area contributed by atoms with Gasteiger partial charge in [-0.15, -0.1) is 0 Å². The smallest absolute Gasteiger partial charge is 0.161 e. The van der Waals surface area contributed by atoms with Crippen molar-refractivity contribution in [3.8, 4) is 11.5 Å². The molecule has 0 radical (unpaired) electrons. The Hall–Kier alpha value is -1.48. The van der Waals surface area contributed by atoms with Crippen molar-refractivity contribution in [3.63, 3.8) is 0 Å². The molecule has 136 valence electrons. The van der Waals surface area contributed by atoms with Gasteiger partial charge in [0.25, 0.3) is 0 Å². The lowest BCUT2D eigenvalue weighted by molar-refractivity contribution is 0.216. The van der Waals surface area contributed by atoms with Gasteiger partial charge in [0.05, 0.1) is 12.7 Å². The molecule has 1 aliphatic heterocycles. The number of ether oxygens (including phenoxy) is 2. The maximum atomic E-state index is 6.20. The molecule has 3 heteroatoms. The molecule has 2 aliphatic carbocycles. The molecule has 1 heterocycles. The van der Waals surface area contributed by atoms with Gasteiger partial charge in [0, 0.05) is 11.5 Å². The molecule has 4 rings (SSSR count). The summed E-state index contributed by atoms with van der Waals surface area (Å²) in [4.78, 5) is 2.53. The van der Waals surface area contributed by atoms with Crippen molar-refractivity contribution >= 4 is 0 Å². The summed E-state index contributed by atoms with van der Waals surface area (Å²) in [5.74, 6) is 2.56. The van der Waals surface area contributed by atoms with Crippen molar-refractivity contribution in [1.82, 2.24) is 4.90 Å². The fourth-order valence-corrected chi connectivity index (χ4v) is 4.48. The van der Waals surface area contributed by atoms with Crippen LogP contribution in [0.5, 0.6) is 11.5 Å². The van der Waals surface area contributed by atoms with E-state index in [2.05, 4.69) is 56.1 Å². The fourth-order valence-electron chi connectivity index (χ4n) is 4.48. The summed E-state index contributed by atoms with van der Waals surface area (Å²) in [7, 11) is 2.27. The summed E-state index contributed by atoms with van der Waals surface area (Å²) in [6.45, 7) is 6.13. The van der Waals surface area contributed by atoms with E-state index in [-0.39, 0.29) is 11.5 Å². The topological polar surface area (TPSA) is 21.7 Å². The Kier molecular flexibility index (Phi) is 4.53. The number of rotatable bonds is 6. The first-order valence-corrected chi connectivity index (χ1v) is 9.90. The van der Waals surface area contributed by atoms with Gasteiger partial charge >= 0.3 is 0 Å². The molecule has 0 N–H and O–H groups in total. The Morgan fingerprint density at radius 1 is 1.20 bits per heavy atom. The van der Waals surface area contributed by atoms with Crippen LogP contribution < -0.4 is 9.47 Å². The average Bonchev–Trinajstić information content (AvgIpc) is 3.37. The molecule has 1 unspecified atom stereocenters. The van der Waals surface area contributed by atoms with Crippen LogP contribution in [-0.4, -0.2) is 37.2 Å². The average molecular weight is 341 g/mol. The Bertz CT molecular complexity index is 649. The van der Waals surface area contributed by atoms with Gasteiger partial charge in [0.15, 0.2) is 11.5 Å². The van der Waals surface area contributed by atoms with Crippen molar-refractivity contribution in [2.75, 3.05) is 20.2 Å². The van der Waals surface area contributed by atoms with E-state index in [4.69, 9.17) is 9.47 Å². The Morgan fingerprint density at radius 2 is 2.04 bits per heavy atom. The van der Waals surface area contributed by atoms with Crippen molar-refractivity contribution in [2.45, 2.75) is 63.5 Å². The maximum absolute atomic E-state index is 6.20. The van der Waals surface area contributed by atoms with Crippen LogP contribution >= 0.6 is 0 Å². The fraction of sp³-hybridized carbons (Fsp3) is 0.636. The summed E-state index contributed by atoms with van der Waals surface area (Å²) in [6.07, 6.45) is 11.2. The minimum atomic E-state index is 0.140. The zero-order chi connectivity index (χ0) is 17.4. The first-order chi connectivity index (χ1) is 12.1. The lowest BCUT2D eigenvalue weighted by Crippen LogP contribution is -2.41. The Balaban J connectivity index is 1.67. The third-order valence-electron chi connectivity index (χ3n) is 6.04. The Labute approximate surface area is 152 Å².